The van der Waals surface area contributed by atoms with Crippen molar-refractivity contribution in [1.29, 1.82) is 0 Å². The molecular weight excluding hydrogens is 470 g/mol. The molecule has 1 aliphatic carbocycles. The third kappa shape index (κ3) is 4.31. The van der Waals surface area contributed by atoms with Crippen molar-refractivity contribution in [3.8, 4) is 11.1 Å². The van der Waals surface area contributed by atoms with Crippen LogP contribution in [0, 0.1) is 13.8 Å². The Labute approximate surface area is 203 Å². The Bertz CT molecular complexity index is 1420. The van der Waals surface area contributed by atoms with Gasteiger partial charge in [-0.15, -0.1) is 11.3 Å². The fourth-order valence-electron chi connectivity index (χ4n) is 5.31. The summed E-state index contributed by atoms with van der Waals surface area (Å²) in [5, 5.41) is 2.48. The summed E-state index contributed by atoms with van der Waals surface area (Å²) < 4.78 is 25.6. The second kappa shape index (κ2) is 8.92. The van der Waals surface area contributed by atoms with E-state index in [1.807, 2.05) is 24.4 Å². The topological polar surface area (TPSA) is 89.3 Å². The summed E-state index contributed by atoms with van der Waals surface area (Å²) >= 11 is 1.42. The van der Waals surface area contributed by atoms with Crippen LogP contribution in [0.5, 0.6) is 0 Å². The lowest BCUT2D eigenvalue weighted by Gasteiger charge is -2.34. The summed E-state index contributed by atoms with van der Waals surface area (Å²) in [4.78, 5) is 33.9. The molecule has 1 atom stereocenters. The molecule has 1 aromatic carbocycles. The Morgan fingerprint density at radius 2 is 1.91 bits per heavy atom. The number of carbonyl (C=O) groups excluding carboxylic acids is 1. The van der Waals surface area contributed by atoms with E-state index in [4.69, 9.17) is 0 Å². The molecule has 2 aromatic heterocycles. The van der Waals surface area contributed by atoms with Gasteiger partial charge in [0.25, 0.3) is 5.56 Å². The highest BCUT2D eigenvalue weighted by Crippen LogP contribution is 2.32. The van der Waals surface area contributed by atoms with Gasteiger partial charge in [0.2, 0.25) is 5.91 Å². The predicted molar refractivity (Wildman–Crippen MR) is 135 cm³/mol. The third-order valence-corrected chi connectivity index (χ3v) is 9.93. The van der Waals surface area contributed by atoms with E-state index in [-0.39, 0.29) is 41.6 Å². The minimum atomic E-state index is -3.12. The van der Waals surface area contributed by atoms with E-state index in [9.17, 15) is 18.0 Å². The van der Waals surface area contributed by atoms with Crippen LogP contribution in [0.4, 0.5) is 0 Å². The zero-order valence-electron chi connectivity index (χ0n) is 19.5. The van der Waals surface area contributed by atoms with Crippen molar-refractivity contribution in [3.05, 3.63) is 51.4 Å². The van der Waals surface area contributed by atoms with Crippen LogP contribution in [0.25, 0.3) is 21.3 Å². The molecule has 1 saturated heterocycles. The number of carbonyl (C=O) groups is 1. The van der Waals surface area contributed by atoms with Gasteiger partial charge in [0, 0.05) is 23.0 Å². The first kappa shape index (κ1) is 23.2. The molecule has 1 saturated carbocycles. The van der Waals surface area contributed by atoms with Crippen molar-refractivity contribution in [2.75, 3.05) is 11.5 Å². The first-order valence-electron chi connectivity index (χ1n) is 11.8. The molecule has 1 amide bonds. The highest BCUT2D eigenvalue weighted by Gasteiger charge is 2.39. The largest absolute Gasteiger partial charge is 0.334 e. The van der Waals surface area contributed by atoms with Crippen LogP contribution in [0.1, 0.15) is 43.2 Å². The Morgan fingerprint density at radius 1 is 1.15 bits per heavy atom. The van der Waals surface area contributed by atoms with Crippen molar-refractivity contribution in [2.45, 2.75) is 64.6 Å². The molecule has 5 rings (SSSR count). The van der Waals surface area contributed by atoms with Gasteiger partial charge >= 0.3 is 0 Å². The van der Waals surface area contributed by atoms with Gasteiger partial charge in [-0.25, -0.2) is 13.4 Å². The van der Waals surface area contributed by atoms with Gasteiger partial charge in [-0.2, -0.15) is 0 Å². The summed E-state index contributed by atoms with van der Waals surface area (Å²) in [5.74, 6) is -0.0566. The van der Waals surface area contributed by atoms with Crippen LogP contribution < -0.4 is 5.56 Å². The summed E-state index contributed by atoms with van der Waals surface area (Å²) in [5.41, 5.74) is 3.89. The lowest BCUT2D eigenvalue weighted by Crippen LogP contribution is -2.49. The third-order valence-electron chi connectivity index (χ3n) is 7.29. The maximum absolute atomic E-state index is 13.5. The van der Waals surface area contributed by atoms with Gasteiger partial charge in [-0.05, 0) is 49.8 Å². The molecule has 9 heteroatoms. The number of nitrogens with zero attached hydrogens (tertiary/aromatic N) is 3. The molecule has 3 aromatic rings. The number of sulfone groups is 1. The standard InChI is InChI=1S/C25H29N3O4S2/c1-16-7-8-18(11-17(16)2)21-13-33-24-23(21)25(30)27(15-26-24)12-22(29)28(19-5-3-4-6-19)20-9-10-34(31,32)14-20/h7-8,11,13,15,19-20H,3-6,9-10,12,14H2,1-2H3. The molecule has 0 spiro atoms. The molecule has 2 fully saturated rings. The number of thiophene rings is 1. The van der Waals surface area contributed by atoms with Crippen LogP contribution in [0.3, 0.4) is 0 Å². The van der Waals surface area contributed by atoms with E-state index >= 15 is 0 Å². The number of aromatic nitrogens is 2. The molecule has 180 valence electrons. The summed E-state index contributed by atoms with van der Waals surface area (Å²) in [6, 6.07) is 5.86. The number of amides is 1. The maximum atomic E-state index is 13.5. The first-order valence-corrected chi connectivity index (χ1v) is 14.5. The summed E-state index contributed by atoms with van der Waals surface area (Å²) in [7, 11) is -3.12. The Hall–Kier alpha value is -2.52. The van der Waals surface area contributed by atoms with Crippen LogP contribution in [0.2, 0.25) is 0 Å². The second-order valence-electron chi connectivity index (χ2n) is 9.60. The van der Waals surface area contributed by atoms with E-state index in [0.29, 0.717) is 16.6 Å². The zero-order chi connectivity index (χ0) is 24.0. The highest BCUT2D eigenvalue weighted by molar-refractivity contribution is 7.91. The smallest absolute Gasteiger partial charge is 0.263 e. The quantitative estimate of drug-likeness (QED) is 0.534. The molecule has 0 bridgehead atoms. The normalized spacial score (nSPS) is 20.2. The molecule has 2 aliphatic rings. The first-order chi connectivity index (χ1) is 16.2. The molecule has 1 unspecified atom stereocenters. The van der Waals surface area contributed by atoms with Crippen LogP contribution >= 0.6 is 11.3 Å². The van der Waals surface area contributed by atoms with Crippen molar-refractivity contribution in [2.24, 2.45) is 0 Å². The molecule has 0 radical (unpaired) electrons. The van der Waals surface area contributed by atoms with Crippen molar-refractivity contribution in [1.82, 2.24) is 14.5 Å². The predicted octanol–water partition coefficient (Wildman–Crippen LogP) is 3.70. The number of hydrogen-bond donors (Lipinski definition) is 0. The minimum absolute atomic E-state index is 0.0167. The van der Waals surface area contributed by atoms with Crippen molar-refractivity contribution < 1.29 is 13.2 Å². The van der Waals surface area contributed by atoms with Gasteiger partial charge in [0.05, 0.1) is 23.2 Å². The van der Waals surface area contributed by atoms with E-state index in [1.165, 1.54) is 27.8 Å². The van der Waals surface area contributed by atoms with Crippen LogP contribution in [0.15, 0.2) is 34.7 Å². The summed E-state index contributed by atoms with van der Waals surface area (Å²) in [6.07, 6.45) is 5.76. The monoisotopic (exact) mass is 499 g/mol. The lowest BCUT2D eigenvalue weighted by atomic mass is 10.0. The number of fused-ring (bicyclic) bond motifs is 1. The zero-order valence-corrected chi connectivity index (χ0v) is 21.1. The number of aryl methyl sites for hydroxylation is 2. The van der Waals surface area contributed by atoms with Gasteiger partial charge in [-0.1, -0.05) is 31.0 Å². The Morgan fingerprint density at radius 3 is 2.59 bits per heavy atom. The molecular formula is C25H29N3O4S2. The van der Waals surface area contributed by atoms with E-state index < -0.39 is 9.84 Å². The van der Waals surface area contributed by atoms with E-state index in [2.05, 4.69) is 18.0 Å². The average molecular weight is 500 g/mol. The molecule has 34 heavy (non-hydrogen) atoms. The van der Waals surface area contributed by atoms with Crippen molar-refractivity contribution in [3.63, 3.8) is 0 Å². The molecule has 3 heterocycles. The Kier molecular flexibility index (Phi) is 6.10. The number of benzene rings is 1. The van der Waals surface area contributed by atoms with Gasteiger partial charge in [0.15, 0.2) is 9.84 Å². The van der Waals surface area contributed by atoms with E-state index in [0.717, 1.165) is 42.4 Å². The van der Waals surface area contributed by atoms with Gasteiger partial charge in [0.1, 0.15) is 11.4 Å². The average Bonchev–Trinajstić information content (AvgIpc) is 3.53. The van der Waals surface area contributed by atoms with Crippen molar-refractivity contribution >= 4 is 37.3 Å². The molecule has 7 nitrogen and oxygen atoms in total. The molecule has 0 N–H and O–H groups in total. The van der Waals surface area contributed by atoms with E-state index in [1.54, 1.807) is 4.90 Å². The summed E-state index contributed by atoms with van der Waals surface area (Å²) in [6.45, 7) is 3.97. The van der Waals surface area contributed by atoms with Crippen LogP contribution in [-0.2, 0) is 21.2 Å². The second-order valence-corrected chi connectivity index (χ2v) is 12.7. The highest BCUT2D eigenvalue weighted by atomic mass is 32.2. The minimum Gasteiger partial charge on any atom is -0.334 e. The number of rotatable bonds is 5. The maximum Gasteiger partial charge on any atom is 0.263 e. The molecule has 1 aliphatic heterocycles. The number of hydrogen-bond acceptors (Lipinski definition) is 6. The Balaban J connectivity index is 1.49. The fraction of sp³-hybridized carbons (Fsp3) is 0.480. The lowest BCUT2D eigenvalue weighted by molar-refractivity contribution is -0.136. The fourth-order valence-corrected chi connectivity index (χ4v) is 7.93. The SMILES string of the molecule is Cc1ccc(-c2csc3ncn(CC(=O)N(C4CCCC4)C4CCS(=O)(=O)C4)c(=O)c23)cc1C. The van der Waals surface area contributed by atoms with Gasteiger partial charge in [-0.3, -0.25) is 14.2 Å². The van der Waals surface area contributed by atoms with Gasteiger partial charge < -0.3 is 4.90 Å². The van der Waals surface area contributed by atoms with Crippen LogP contribution in [-0.4, -0.2) is 52.4 Å².